The lowest BCUT2D eigenvalue weighted by atomic mass is 9.91. The molecule has 0 aliphatic heterocycles. The Bertz CT molecular complexity index is 3300. The maximum Gasteiger partial charge on any atom is 0.143 e. The van der Waals surface area contributed by atoms with Gasteiger partial charge in [-0.2, -0.15) is 0 Å². The number of fused-ring (bicyclic) bond motifs is 9. The summed E-state index contributed by atoms with van der Waals surface area (Å²) in [6.07, 6.45) is 1.89. The van der Waals surface area contributed by atoms with Crippen molar-refractivity contribution in [2.75, 3.05) is 0 Å². The molecule has 0 saturated heterocycles. The molecule has 0 atom stereocenters. The van der Waals surface area contributed by atoms with E-state index in [0.717, 1.165) is 77.6 Å². The molecule has 0 unspecified atom stereocenters. The maximum atomic E-state index is 7.00. The molecule has 0 bridgehead atoms. The van der Waals surface area contributed by atoms with E-state index in [0.29, 0.717) is 0 Å². The minimum atomic E-state index is 0.896. The molecule has 0 spiro atoms. The second kappa shape index (κ2) is 11.9. The van der Waals surface area contributed by atoms with Crippen LogP contribution in [0.4, 0.5) is 0 Å². The number of hydrogen-bond donors (Lipinski definition) is 0. The lowest BCUT2D eigenvalue weighted by molar-refractivity contribution is 0.667. The van der Waals surface area contributed by atoms with Crippen LogP contribution in [0.2, 0.25) is 0 Å². The molecule has 5 heterocycles. The summed E-state index contributed by atoms with van der Waals surface area (Å²) in [4.78, 5) is 9.90. The van der Waals surface area contributed by atoms with Crippen molar-refractivity contribution in [3.63, 3.8) is 0 Å². The van der Waals surface area contributed by atoms with E-state index in [2.05, 4.69) is 159 Å². The molecule has 11 aromatic rings. The van der Waals surface area contributed by atoms with E-state index in [1.807, 2.05) is 17.5 Å². The molecule has 6 aromatic carbocycles. The van der Waals surface area contributed by atoms with E-state index in [1.54, 1.807) is 11.3 Å². The zero-order valence-corrected chi connectivity index (χ0v) is 31.5. The Hall–Kier alpha value is -6.14. The number of pyridine rings is 2. The molecule has 0 radical (unpaired) electrons. The first-order chi connectivity index (χ1) is 26.5. The predicted octanol–water partition coefficient (Wildman–Crippen LogP) is 14.7. The van der Waals surface area contributed by atoms with Gasteiger partial charge in [-0.05, 0) is 78.4 Å². The molecule has 11 rings (SSSR count). The topological polar surface area (TPSA) is 38.9 Å². The molecular formula is C49H32N2OS2. The van der Waals surface area contributed by atoms with Crippen LogP contribution in [0.3, 0.4) is 0 Å². The van der Waals surface area contributed by atoms with Crippen molar-refractivity contribution in [2.24, 2.45) is 0 Å². The fourth-order valence-electron chi connectivity index (χ4n) is 8.30. The zero-order chi connectivity index (χ0) is 36.1. The van der Waals surface area contributed by atoms with Gasteiger partial charge < -0.3 is 4.42 Å². The standard InChI is InChI=1S/C49H32N2OS2/c1-27-10-7-15-35-36-16-9-14-34(49(36)54-47(27)35)31-18-20-32(21-19-31)40-26-39(41-22-23-42-44(51-41)38-24-25-50-29(3)48(38)53-42)28(2)45-43(40)37-17-8-13-33(46(37)52-45)30-11-5-4-6-12-30/h4-26H,1-3H3. The summed E-state index contributed by atoms with van der Waals surface area (Å²) in [5, 5.41) is 6.04. The molecule has 3 nitrogen and oxygen atoms in total. The summed E-state index contributed by atoms with van der Waals surface area (Å²) >= 11 is 3.66. The Morgan fingerprint density at radius 2 is 1.20 bits per heavy atom. The van der Waals surface area contributed by atoms with Gasteiger partial charge in [-0.3, -0.25) is 4.98 Å². The molecule has 0 N–H and O–H groups in total. The number of furan rings is 1. The molecule has 0 amide bonds. The Labute approximate surface area is 319 Å². The Balaban J connectivity index is 1.14. The van der Waals surface area contributed by atoms with Crippen LogP contribution in [-0.4, -0.2) is 9.97 Å². The third-order valence-electron chi connectivity index (χ3n) is 11.0. The van der Waals surface area contributed by atoms with Crippen LogP contribution in [0.15, 0.2) is 144 Å². The van der Waals surface area contributed by atoms with E-state index < -0.39 is 0 Å². The van der Waals surface area contributed by atoms with Gasteiger partial charge in [0.2, 0.25) is 0 Å². The number of benzene rings is 6. The Morgan fingerprint density at radius 3 is 2.02 bits per heavy atom. The number of aromatic nitrogens is 2. The predicted molar refractivity (Wildman–Crippen MR) is 231 cm³/mol. The van der Waals surface area contributed by atoms with Crippen molar-refractivity contribution in [3.05, 3.63) is 156 Å². The summed E-state index contributed by atoms with van der Waals surface area (Å²) in [6, 6.07) is 48.3. The molecule has 5 heteroatoms. The second-order valence-corrected chi connectivity index (χ2v) is 16.3. The first kappa shape index (κ1) is 31.4. The van der Waals surface area contributed by atoms with Gasteiger partial charge in [0.25, 0.3) is 0 Å². The average Bonchev–Trinajstić information content (AvgIpc) is 3.92. The lowest BCUT2D eigenvalue weighted by Gasteiger charge is -2.13. The van der Waals surface area contributed by atoms with Crippen molar-refractivity contribution in [1.29, 1.82) is 0 Å². The highest BCUT2D eigenvalue weighted by molar-refractivity contribution is 7.26. The van der Waals surface area contributed by atoms with Gasteiger partial charge in [-0.25, -0.2) is 4.98 Å². The van der Waals surface area contributed by atoms with Crippen LogP contribution in [0.1, 0.15) is 16.8 Å². The van der Waals surface area contributed by atoms with E-state index in [1.165, 1.54) is 46.3 Å². The number of aryl methyl sites for hydroxylation is 3. The number of hydrogen-bond acceptors (Lipinski definition) is 5. The van der Waals surface area contributed by atoms with Crippen LogP contribution < -0.4 is 0 Å². The van der Waals surface area contributed by atoms with Gasteiger partial charge in [0, 0.05) is 59.2 Å². The van der Waals surface area contributed by atoms with E-state index in [9.17, 15) is 0 Å². The van der Waals surface area contributed by atoms with Gasteiger partial charge in [0.05, 0.1) is 26.3 Å². The quantitative estimate of drug-likeness (QED) is 0.181. The third kappa shape index (κ3) is 4.65. The molecule has 256 valence electrons. The maximum absolute atomic E-state index is 7.00. The average molecular weight is 729 g/mol. The lowest BCUT2D eigenvalue weighted by Crippen LogP contribution is -1.91. The van der Waals surface area contributed by atoms with Crippen LogP contribution in [0, 0.1) is 20.8 Å². The van der Waals surface area contributed by atoms with E-state index in [-0.39, 0.29) is 0 Å². The molecule has 0 aliphatic carbocycles. The van der Waals surface area contributed by atoms with Gasteiger partial charge in [-0.1, -0.05) is 109 Å². The third-order valence-corrected chi connectivity index (χ3v) is 13.7. The van der Waals surface area contributed by atoms with Gasteiger partial charge in [0.15, 0.2) is 0 Å². The largest absolute Gasteiger partial charge is 0.455 e. The summed E-state index contributed by atoms with van der Waals surface area (Å²) in [5.74, 6) is 0. The van der Waals surface area contributed by atoms with E-state index in [4.69, 9.17) is 9.40 Å². The molecule has 54 heavy (non-hydrogen) atoms. The SMILES string of the molecule is Cc1c(-c2ccc3sc4c(C)nccc4c3n2)cc(-c2ccc(-c3cccc4c3sc3c(C)cccc34)cc2)c2c1oc1c(-c3ccccc3)cccc12. The molecule has 0 aliphatic rings. The smallest absolute Gasteiger partial charge is 0.143 e. The fourth-order valence-corrected chi connectivity index (χ4v) is 10.7. The Morgan fingerprint density at radius 1 is 0.500 bits per heavy atom. The number of nitrogens with zero attached hydrogens (tertiary/aromatic N) is 2. The van der Waals surface area contributed by atoms with Crippen LogP contribution >= 0.6 is 22.7 Å². The highest BCUT2D eigenvalue weighted by Crippen LogP contribution is 2.46. The van der Waals surface area contributed by atoms with Gasteiger partial charge in [-0.15, -0.1) is 22.7 Å². The molecule has 0 fully saturated rings. The number of para-hydroxylation sites is 1. The highest BCUT2D eigenvalue weighted by Gasteiger charge is 2.22. The molecule has 5 aromatic heterocycles. The van der Waals surface area contributed by atoms with Crippen molar-refractivity contribution < 1.29 is 4.42 Å². The minimum Gasteiger partial charge on any atom is -0.455 e. The highest BCUT2D eigenvalue weighted by atomic mass is 32.1. The van der Waals surface area contributed by atoms with Crippen molar-refractivity contribution in [1.82, 2.24) is 9.97 Å². The van der Waals surface area contributed by atoms with E-state index >= 15 is 0 Å². The van der Waals surface area contributed by atoms with Crippen LogP contribution in [0.5, 0.6) is 0 Å². The van der Waals surface area contributed by atoms with Crippen molar-refractivity contribution >= 4 is 85.1 Å². The molecular weight excluding hydrogens is 697 g/mol. The minimum absolute atomic E-state index is 0.896. The van der Waals surface area contributed by atoms with Gasteiger partial charge >= 0.3 is 0 Å². The first-order valence-corrected chi connectivity index (χ1v) is 19.9. The van der Waals surface area contributed by atoms with Crippen molar-refractivity contribution in [3.8, 4) is 44.6 Å². The normalized spacial score (nSPS) is 12.0. The number of thiophene rings is 2. The summed E-state index contributed by atoms with van der Waals surface area (Å²) in [7, 11) is 0. The van der Waals surface area contributed by atoms with Gasteiger partial charge in [0.1, 0.15) is 11.2 Å². The summed E-state index contributed by atoms with van der Waals surface area (Å²) < 4.78 is 12.1. The first-order valence-electron chi connectivity index (χ1n) is 18.2. The fraction of sp³-hybridized carbons (Fsp3) is 0.0612. The second-order valence-electron chi connectivity index (χ2n) is 14.2. The zero-order valence-electron chi connectivity index (χ0n) is 29.9. The van der Waals surface area contributed by atoms with Crippen LogP contribution in [0.25, 0.3) is 107 Å². The Kier molecular flexibility index (Phi) is 6.94. The number of rotatable bonds is 4. The van der Waals surface area contributed by atoms with Crippen LogP contribution in [-0.2, 0) is 0 Å². The van der Waals surface area contributed by atoms with Crippen molar-refractivity contribution in [2.45, 2.75) is 20.8 Å². The monoisotopic (exact) mass is 728 g/mol. The molecule has 0 saturated carbocycles. The summed E-state index contributed by atoms with van der Waals surface area (Å²) in [5.41, 5.74) is 15.2. The summed E-state index contributed by atoms with van der Waals surface area (Å²) in [6.45, 7) is 6.46.